The fourth-order valence-electron chi connectivity index (χ4n) is 0.774. The number of aromatic nitrogens is 2. The number of aliphatic carboxylic acids is 1. The van der Waals surface area contributed by atoms with E-state index in [-0.39, 0.29) is 16.0 Å². The second-order valence-electron chi connectivity index (χ2n) is 2.36. The average molecular weight is 261 g/mol. The van der Waals surface area contributed by atoms with Crippen molar-refractivity contribution in [1.29, 1.82) is 0 Å². The van der Waals surface area contributed by atoms with Crippen molar-refractivity contribution in [1.82, 2.24) is 9.97 Å². The molecule has 0 fully saturated rings. The van der Waals surface area contributed by atoms with Gasteiger partial charge in [-0.05, 0) is 15.9 Å². The number of hydrogen-bond acceptors (Lipinski definition) is 4. The maximum atomic E-state index is 10.6. The van der Waals surface area contributed by atoms with E-state index in [1.807, 2.05) is 0 Å². The summed E-state index contributed by atoms with van der Waals surface area (Å²) in [4.78, 5) is 28.1. The Balaban J connectivity index is 3.06. The Morgan fingerprint density at radius 3 is 2.57 bits per heavy atom. The second kappa shape index (κ2) is 4.14. The lowest BCUT2D eigenvalue weighted by atomic mass is 10.3. The summed E-state index contributed by atoms with van der Waals surface area (Å²) in [7, 11) is 0. The van der Waals surface area contributed by atoms with E-state index in [2.05, 4.69) is 25.9 Å². The molecule has 1 rings (SSSR count). The number of carbonyl (C=O) groups is 2. The van der Waals surface area contributed by atoms with Crippen LogP contribution in [0.2, 0.25) is 0 Å². The smallest absolute Gasteiger partial charge is 0.355 e. The zero-order chi connectivity index (χ0) is 10.7. The van der Waals surface area contributed by atoms with Crippen molar-refractivity contribution < 1.29 is 19.8 Å². The maximum absolute atomic E-state index is 10.6. The molecular formula is C7H5BrN2O4. The summed E-state index contributed by atoms with van der Waals surface area (Å²) >= 11 is 2.94. The van der Waals surface area contributed by atoms with Gasteiger partial charge in [-0.1, -0.05) is 0 Å². The molecule has 0 spiro atoms. The van der Waals surface area contributed by atoms with Crippen LogP contribution in [0.15, 0.2) is 10.7 Å². The highest BCUT2D eigenvalue weighted by atomic mass is 79.9. The Labute approximate surface area is 86.7 Å². The molecule has 0 aliphatic carbocycles. The molecule has 0 aromatic carbocycles. The van der Waals surface area contributed by atoms with Crippen molar-refractivity contribution in [2.75, 3.05) is 0 Å². The molecule has 1 aromatic rings. The van der Waals surface area contributed by atoms with Crippen LogP contribution in [0.1, 0.15) is 16.3 Å². The first kappa shape index (κ1) is 10.6. The summed E-state index contributed by atoms with van der Waals surface area (Å²) in [6.07, 6.45) is 0.822. The number of carboxylic acids is 2. The Morgan fingerprint density at radius 1 is 1.43 bits per heavy atom. The second-order valence-corrected chi connectivity index (χ2v) is 3.21. The lowest BCUT2D eigenvalue weighted by Gasteiger charge is -1.99. The average Bonchev–Trinajstić information content (AvgIpc) is 2.07. The molecule has 0 unspecified atom stereocenters. The zero-order valence-corrected chi connectivity index (χ0v) is 8.35. The molecule has 1 heterocycles. The van der Waals surface area contributed by atoms with Crippen LogP contribution in [0.4, 0.5) is 0 Å². The Kier molecular flexibility index (Phi) is 3.13. The van der Waals surface area contributed by atoms with Gasteiger partial charge in [-0.25, -0.2) is 14.8 Å². The minimum atomic E-state index is -1.23. The number of hydrogen-bond donors (Lipinski definition) is 2. The highest BCUT2D eigenvalue weighted by Crippen LogP contribution is 2.13. The molecule has 0 saturated carbocycles. The molecule has 1 aromatic heterocycles. The molecule has 0 bridgehead atoms. The van der Waals surface area contributed by atoms with Crippen LogP contribution in [0.25, 0.3) is 0 Å². The van der Waals surface area contributed by atoms with E-state index in [0.29, 0.717) is 0 Å². The standard InChI is InChI=1S/C7H5BrN2O4/c8-3-2-9-4(1-5(11)12)10-6(3)7(13)14/h2H,1H2,(H,11,12)(H,13,14). The van der Waals surface area contributed by atoms with Gasteiger partial charge in [0.1, 0.15) is 12.2 Å². The highest BCUT2D eigenvalue weighted by molar-refractivity contribution is 9.10. The third-order valence-electron chi connectivity index (χ3n) is 1.31. The van der Waals surface area contributed by atoms with Gasteiger partial charge in [0.25, 0.3) is 0 Å². The SMILES string of the molecule is O=C(O)Cc1ncc(Br)c(C(=O)O)n1. The number of nitrogens with zero attached hydrogens (tertiary/aromatic N) is 2. The van der Waals surface area contributed by atoms with Crippen LogP contribution < -0.4 is 0 Å². The maximum Gasteiger partial charge on any atom is 0.355 e. The van der Waals surface area contributed by atoms with E-state index in [4.69, 9.17) is 10.2 Å². The summed E-state index contributed by atoms with van der Waals surface area (Å²) in [5.74, 6) is -2.37. The lowest BCUT2D eigenvalue weighted by Crippen LogP contribution is -2.10. The van der Waals surface area contributed by atoms with Gasteiger partial charge < -0.3 is 10.2 Å². The summed E-state index contributed by atoms with van der Waals surface area (Å²) in [5.41, 5.74) is -0.240. The molecule has 7 heteroatoms. The molecule has 0 aliphatic rings. The Hall–Kier alpha value is -1.50. The number of halogens is 1. The molecule has 14 heavy (non-hydrogen) atoms. The van der Waals surface area contributed by atoms with Gasteiger partial charge in [0.05, 0.1) is 4.47 Å². The molecule has 6 nitrogen and oxygen atoms in total. The molecular weight excluding hydrogens is 256 g/mol. The monoisotopic (exact) mass is 260 g/mol. The van der Waals surface area contributed by atoms with Crippen LogP contribution in [-0.4, -0.2) is 32.1 Å². The van der Waals surface area contributed by atoms with Gasteiger partial charge in [-0.3, -0.25) is 4.79 Å². The predicted molar refractivity (Wildman–Crippen MR) is 48.0 cm³/mol. The minimum Gasteiger partial charge on any atom is -0.481 e. The van der Waals surface area contributed by atoms with E-state index in [0.717, 1.165) is 0 Å². The molecule has 74 valence electrons. The first-order chi connectivity index (χ1) is 6.50. The minimum absolute atomic E-state index is 0.0295. The first-order valence-corrected chi connectivity index (χ1v) is 4.26. The fraction of sp³-hybridized carbons (Fsp3) is 0.143. The van der Waals surface area contributed by atoms with Crippen molar-refractivity contribution in [2.24, 2.45) is 0 Å². The van der Waals surface area contributed by atoms with Crippen LogP contribution in [0.3, 0.4) is 0 Å². The van der Waals surface area contributed by atoms with Gasteiger partial charge in [0, 0.05) is 6.20 Å². The summed E-state index contributed by atoms with van der Waals surface area (Å²) in [6.45, 7) is 0. The van der Waals surface area contributed by atoms with E-state index in [1.54, 1.807) is 0 Å². The largest absolute Gasteiger partial charge is 0.481 e. The van der Waals surface area contributed by atoms with Crippen molar-refractivity contribution in [3.63, 3.8) is 0 Å². The van der Waals surface area contributed by atoms with Gasteiger partial charge in [-0.2, -0.15) is 0 Å². The van der Waals surface area contributed by atoms with Gasteiger partial charge in [0.2, 0.25) is 0 Å². The van der Waals surface area contributed by atoms with Crippen LogP contribution in [0, 0.1) is 0 Å². The Morgan fingerprint density at radius 2 is 2.07 bits per heavy atom. The number of carboxylic acid groups (broad SMARTS) is 2. The van der Waals surface area contributed by atoms with Gasteiger partial charge in [0.15, 0.2) is 5.69 Å². The van der Waals surface area contributed by atoms with E-state index < -0.39 is 18.4 Å². The predicted octanol–water partition coefficient (Wildman–Crippen LogP) is 0.564. The normalized spacial score (nSPS) is 9.79. The zero-order valence-electron chi connectivity index (χ0n) is 6.77. The quantitative estimate of drug-likeness (QED) is 0.824. The van der Waals surface area contributed by atoms with Crippen molar-refractivity contribution in [3.05, 3.63) is 22.2 Å². The van der Waals surface area contributed by atoms with Crippen LogP contribution in [0.5, 0.6) is 0 Å². The van der Waals surface area contributed by atoms with E-state index in [9.17, 15) is 9.59 Å². The summed E-state index contributed by atoms with van der Waals surface area (Å²) < 4.78 is 0.221. The van der Waals surface area contributed by atoms with Crippen molar-refractivity contribution in [2.45, 2.75) is 6.42 Å². The van der Waals surface area contributed by atoms with Crippen molar-refractivity contribution >= 4 is 27.9 Å². The molecule has 0 atom stereocenters. The molecule has 0 saturated heterocycles. The van der Waals surface area contributed by atoms with E-state index in [1.165, 1.54) is 6.20 Å². The fourth-order valence-corrected chi connectivity index (χ4v) is 1.13. The number of rotatable bonds is 3. The van der Waals surface area contributed by atoms with Crippen LogP contribution >= 0.6 is 15.9 Å². The highest BCUT2D eigenvalue weighted by Gasteiger charge is 2.13. The van der Waals surface area contributed by atoms with E-state index >= 15 is 0 Å². The third-order valence-corrected chi connectivity index (χ3v) is 1.89. The van der Waals surface area contributed by atoms with Gasteiger partial charge in [-0.15, -0.1) is 0 Å². The third kappa shape index (κ3) is 2.49. The summed E-state index contributed by atoms with van der Waals surface area (Å²) in [5, 5.41) is 17.1. The van der Waals surface area contributed by atoms with Gasteiger partial charge >= 0.3 is 11.9 Å². The lowest BCUT2D eigenvalue weighted by molar-refractivity contribution is -0.136. The van der Waals surface area contributed by atoms with Crippen molar-refractivity contribution in [3.8, 4) is 0 Å². The molecule has 0 amide bonds. The first-order valence-electron chi connectivity index (χ1n) is 3.47. The number of aromatic carboxylic acids is 1. The molecule has 0 radical (unpaired) electrons. The summed E-state index contributed by atoms with van der Waals surface area (Å²) in [6, 6.07) is 0. The molecule has 0 aliphatic heterocycles. The topological polar surface area (TPSA) is 100 Å². The Bertz CT molecular complexity index is 393. The van der Waals surface area contributed by atoms with Crippen LogP contribution in [-0.2, 0) is 11.2 Å². The molecule has 2 N–H and O–H groups in total.